The van der Waals surface area contributed by atoms with E-state index in [1.165, 1.54) is 0 Å². The number of carbonyl (C=O) groups excluding carboxylic acids is 2. The summed E-state index contributed by atoms with van der Waals surface area (Å²) >= 11 is 0. The number of carboxylic acid groups (broad SMARTS) is 1. The number of hydrogen-bond acceptors (Lipinski definition) is 3. The Morgan fingerprint density at radius 3 is 2.27 bits per heavy atom. The van der Waals surface area contributed by atoms with Crippen LogP contribution in [0, 0.1) is 0 Å². The molecule has 156 valence electrons. The first kappa shape index (κ1) is 21.1. The second-order valence-corrected chi connectivity index (χ2v) is 7.22. The first-order valence-electron chi connectivity index (χ1n) is 9.85. The molecular formula is C23H25N3O4. The number of carbonyl (C=O) groups is 3. The molecule has 0 bridgehead atoms. The average Bonchev–Trinajstić information content (AvgIpc) is 3.15. The molecule has 0 saturated carbocycles. The van der Waals surface area contributed by atoms with Gasteiger partial charge in [-0.25, -0.2) is 4.79 Å². The summed E-state index contributed by atoms with van der Waals surface area (Å²) in [6.07, 6.45) is 1.82. The molecule has 0 radical (unpaired) electrons. The number of aromatic nitrogens is 1. The molecule has 2 atom stereocenters. The van der Waals surface area contributed by atoms with Gasteiger partial charge >= 0.3 is 5.97 Å². The van der Waals surface area contributed by atoms with Gasteiger partial charge in [0.15, 0.2) is 0 Å². The molecule has 1 aromatic heterocycles. The van der Waals surface area contributed by atoms with E-state index in [1.807, 2.05) is 61.5 Å². The third-order valence-electron chi connectivity index (χ3n) is 4.99. The number of amides is 2. The second-order valence-electron chi connectivity index (χ2n) is 7.22. The molecule has 1 heterocycles. The zero-order valence-corrected chi connectivity index (χ0v) is 16.7. The minimum atomic E-state index is -1.12. The number of benzene rings is 2. The van der Waals surface area contributed by atoms with Gasteiger partial charge in [0.25, 0.3) is 0 Å². The van der Waals surface area contributed by atoms with Gasteiger partial charge < -0.3 is 20.7 Å². The molecule has 2 aromatic carbocycles. The molecule has 30 heavy (non-hydrogen) atoms. The number of aromatic amines is 1. The molecule has 0 saturated heterocycles. The zero-order valence-electron chi connectivity index (χ0n) is 16.7. The quantitative estimate of drug-likeness (QED) is 0.437. The van der Waals surface area contributed by atoms with E-state index in [9.17, 15) is 19.5 Å². The topological polar surface area (TPSA) is 111 Å². The number of nitrogens with one attached hydrogen (secondary N) is 3. The molecule has 0 fully saturated rings. The van der Waals surface area contributed by atoms with Gasteiger partial charge in [-0.2, -0.15) is 0 Å². The Morgan fingerprint density at radius 2 is 1.57 bits per heavy atom. The van der Waals surface area contributed by atoms with E-state index in [2.05, 4.69) is 15.6 Å². The molecule has 0 aliphatic carbocycles. The maximum Gasteiger partial charge on any atom is 0.326 e. The summed E-state index contributed by atoms with van der Waals surface area (Å²) in [6.45, 7) is 1.87. The number of hydrogen-bond donors (Lipinski definition) is 4. The van der Waals surface area contributed by atoms with E-state index in [-0.39, 0.29) is 31.2 Å². The van der Waals surface area contributed by atoms with E-state index in [0.29, 0.717) is 0 Å². The molecule has 7 nitrogen and oxygen atoms in total. The largest absolute Gasteiger partial charge is 0.480 e. The van der Waals surface area contributed by atoms with E-state index >= 15 is 0 Å². The van der Waals surface area contributed by atoms with Crippen molar-refractivity contribution >= 4 is 28.7 Å². The molecule has 2 amide bonds. The molecule has 3 rings (SSSR count). The highest BCUT2D eigenvalue weighted by atomic mass is 16.4. The summed E-state index contributed by atoms with van der Waals surface area (Å²) in [5.74, 6) is -1.84. The number of rotatable bonds is 9. The summed E-state index contributed by atoms with van der Waals surface area (Å²) in [7, 11) is 0. The lowest BCUT2D eigenvalue weighted by atomic mass is 10.0. The Labute approximate surface area is 174 Å². The molecule has 0 unspecified atom stereocenters. The fraction of sp³-hybridized carbons (Fsp3) is 0.261. The molecule has 0 aliphatic rings. The van der Waals surface area contributed by atoms with Crippen LogP contribution in [-0.2, 0) is 20.8 Å². The molecule has 0 aliphatic heterocycles. The number of H-pyrrole nitrogens is 1. The minimum absolute atomic E-state index is 0.0115. The fourth-order valence-electron chi connectivity index (χ4n) is 3.35. The van der Waals surface area contributed by atoms with Crippen molar-refractivity contribution < 1.29 is 19.5 Å². The number of aliphatic carboxylic acids is 1. The van der Waals surface area contributed by atoms with E-state index < -0.39 is 17.9 Å². The highest BCUT2D eigenvalue weighted by Gasteiger charge is 2.22. The van der Waals surface area contributed by atoms with Gasteiger partial charge in [0, 0.05) is 36.4 Å². The SMILES string of the molecule is C[C@@H](NC(=O)CCC(=O)N[C@H](Cc1c[nH]c2ccccc12)C(=O)O)c1ccccc1. The van der Waals surface area contributed by atoms with Crippen LogP contribution >= 0.6 is 0 Å². The predicted molar refractivity (Wildman–Crippen MR) is 114 cm³/mol. The summed E-state index contributed by atoms with van der Waals surface area (Å²) in [5.41, 5.74) is 2.69. The van der Waals surface area contributed by atoms with Gasteiger partial charge in [0.1, 0.15) is 6.04 Å². The highest BCUT2D eigenvalue weighted by Crippen LogP contribution is 2.19. The molecule has 7 heteroatoms. The Bertz CT molecular complexity index is 1030. The molecule has 3 aromatic rings. The Hall–Kier alpha value is -3.61. The monoisotopic (exact) mass is 407 g/mol. The van der Waals surface area contributed by atoms with Crippen LogP contribution in [0.3, 0.4) is 0 Å². The van der Waals surface area contributed by atoms with Crippen LogP contribution in [0.4, 0.5) is 0 Å². The Kier molecular flexibility index (Phi) is 6.85. The van der Waals surface area contributed by atoms with Gasteiger partial charge in [-0.1, -0.05) is 48.5 Å². The summed E-state index contributed by atoms with van der Waals surface area (Å²) in [4.78, 5) is 39.1. The van der Waals surface area contributed by atoms with Crippen molar-refractivity contribution in [1.29, 1.82) is 0 Å². The Balaban J connectivity index is 1.51. The van der Waals surface area contributed by atoms with Gasteiger partial charge in [-0.15, -0.1) is 0 Å². The number of carboxylic acids is 1. The van der Waals surface area contributed by atoms with Crippen molar-refractivity contribution in [1.82, 2.24) is 15.6 Å². The Morgan fingerprint density at radius 1 is 0.933 bits per heavy atom. The zero-order chi connectivity index (χ0) is 21.5. The third kappa shape index (κ3) is 5.47. The number of para-hydroxylation sites is 1. The van der Waals surface area contributed by atoms with Crippen LogP contribution < -0.4 is 10.6 Å². The standard InChI is InChI=1S/C23H25N3O4/c1-15(16-7-3-2-4-8-16)25-21(27)11-12-22(28)26-20(23(29)30)13-17-14-24-19-10-6-5-9-18(17)19/h2-10,14-15,20,24H,11-13H2,1H3,(H,25,27)(H,26,28)(H,29,30)/t15-,20-/m1/s1. The van der Waals surface area contributed by atoms with Crippen LogP contribution in [0.1, 0.15) is 36.9 Å². The minimum Gasteiger partial charge on any atom is -0.480 e. The summed E-state index contributed by atoms with van der Waals surface area (Å²) in [6, 6.07) is 15.9. The predicted octanol–water partition coefficient (Wildman–Crippen LogP) is 2.94. The maximum absolute atomic E-state index is 12.2. The van der Waals surface area contributed by atoms with Crippen molar-refractivity contribution in [3.63, 3.8) is 0 Å². The van der Waals surface area contributed by atoms with Crippen molar-refractivity contribution in [3.8, 4) is 0 Å². The van der Waals surface area contributed by atoms with Crippen molar-refractivity contribution in [2.75, 3.05) is 0 Å². The van der Waals surface area contributed by atoms with Crippen LogP contribution in [0.15, 0.2) is 60.8 Å². The maximum atomic E-state index is 12.2. The summed E-state index contributed by atoms with van der Waals surface area (Å²) in [5, 5.41) is 15.8. The first-order valence-corrected chi connectivity index (χ1v) is 9.85. The normalized spacial score (nSPS) is 12.8. The van der Waals surface area contributed by atoms with Crippen molar-refractivity contribution in [2.24, 2.45) is 0 Å². The molecule has 0 spiro atoms. The van der Waals surface area contributed by atoms with Crippen molar-refractivity contribution in [2.45, 2.75) is 38.3 Å². The fourth-order valence-corrected chi connectivity index (χ4v) is 3.35. The third-order valence-corrected chi connectivity index (χ3v) is 4.99. The van der Waals surface area contributed by atoms with Gasteiger partial charge in [-0.05, 0) is 24.1 Å². The first-order chi connectivity index (χ1) is 14.4. The van der Waals surface area contributed by atoms with Crippen LogP contribution in [0.25, 0.3) is 10.9 Å². The lowest BCUT2D eigenvalue weighted by Crippen LogP contribution is -2.42. The van der Waals surface area contributed by atoms with E-state index in [4.69, 9.17) is 0 Å². The summed E-state index contributed by atoms with van der Waals surface area (Å²) < 4.78 is 0. The smallest absolute Gasteiger partial charge is 0.326 e. The second kappa shape index (κ2) is 9.73. The van der Waals surface area contributed by atoms with E-state index in [0.717, 1.165) is 22.0 Å². The highest BCUT2D eigenvalue weighted by molar-refractivity contribution is 5.88. The van der Waals surface area contributed by atoms with Crippen LogP contribution in [-0.4, -0.2) is 33.9 Å². The van der Waals surface area contributed by atoms with Crippen LogP contribution in [0.2, 0.25) is 0 Å². The van der Waals surface area contributed by atoms with Gasteiger partial charge in [0.2, 0.25) is 11.8 Å². The van der Waals surface area contributed by atoms with Crippen LogP contribution in [0.5, 0.6) is 0 Å². The average molecular weight is 407 g/mol. The lowest BCUT2D eigenvalue weighted by molar-refractivity contribution is -0.141. The van der Waals surface area contributed by atoms with Gasteiger partial charge in [-0.3, -0.25) is 9.59 Å². The number of fused-ring (bicyclic) bond motifs is 1. The van der Waals surface area contributed by atoms with Crippen molar-refractivity contribution in [3.05, 3.63) is 71.9 Å². The lowest BCUT2D eigenvalue weighted by Gasteiger charge is -2.16. The van der Waals surface area contributed by atoms with Gasteiger partial charge in [0.05, 0.1) is 6.04 Å². The van der Waals surface area contributed by atoms with E-state index in [1.54, 1.807) is 6.20 Å². The molecular weight excluding hydrogens is 382 g/mol. The molecule has 4 N–H and O–H groups in total.